The predicted molar refractivity (Wildman–Crippen MR) is 105 cm³/mol. The van der Waals surface area contributed by atoms with Crippen LogP contribution in [-0.2, 0) is 17.8 Å². The van der Waals surface area contributed by atoms with Gasteiger partial charge in [-0.3, -0.25) is 14.4 Å². The number of aromatic nitrogens is 4. The molecule has 29 heavy (non-hydrogen) atoms. The second-order valence-electron chi connectivity index (χ2n) is 7.25. The van der Waals surface area contributed by atoms with E-state index in [1.54, 1.807) is 0 Å². The minimum atomic E-state index is -0.138. The number of fused-ring (bicyclic) bond motifs is 1. The Morgan fingerprint density at radius 3 is 2.93 bits per heavy atom. The average molecular weight is 412 g/mol. The quantitative estimate of drug-likeness (QED) is 0.655. The molecular formula is C20H18ClN5O3. The van der Waals surface area contributed by atoms with Crippen molar-refractivity contribution in [2.75, 3.05) is 6.61 Å². The summed E-state index contributed by atoms with van der Waals surface area (Å²) in [5.41, 5.74) is 2.94. The molecule has 0 radical (unpaired) electrons. The van der Waals surface area contributed by atoms with Crippen molar-refractivity contribution in [2.45, 2.75) is 38.5 Å². The second kappa shape index (κ2) is 7.20. The first kappa shape index (κ1) is 18.2. The largest absolute Gasteiger partial charge is 0.373 e. The van der Waals surface area contributed by atoms with Crippen LogP contribution < -0.4 is 5.56 Å². The normalized spacial score (nSPS) is 20.7. The number of hydrogen-bond donors (Lipinski definition) is 0. The van der Waals surface area contributed by atoms with Crippen LogP contribution in [0.4, 0.5) is 0 Å². The zero-order chi connectivity index (χ0) is 20.0. The van der Waals surface area contributed by atoms with Gasteiger partial charge in [-0.2, -0.15) is 4.98 Å². The second-order valence-corrected chi connectivity index (χ2v) is 7.69. The number of rotatable bonds is 4. The highest BCUT2D eigenvalue weighted by Gasteiger charge is 2.31. The van der Waals surface area contributed by atoms with Crippen molar-refractivity contribution in [3.8, 4) is 0 Å². The van der Waals surface area contributed by atoms with Gasteiger partial charge in [0.25, 0.3) is 5.56 Å². The molecule has 0 spiro atoms. The molecule has 0 bridgehead atoms. The Kier molecular flexibility index (Phi) is 4.52. The zero-order valence-corrected chi connectivity index (χ0v) is 16.5. The summed E-state index contributed by atoms with van der Waals surface area (Å²) in [6.07, 6.45) is 2.25. The number of aliphatic imine (C=N–C) groups is 1. The molecule has 0 N–H and O–H groups in total. The lowest BCUT2D eigenvalue weighted by atomic mass is 10.0. The van der Waals surface area contributed by atoms with Crippen molar-refractivity contribution in [1.29, 1.82) is 0 Å². The van der Waals surface area contributed by atoms with E-state index in [1.165, 1.54) is 10.9 Å². The molecule has 1 fully saturated rings. The number of benzene rings is 1. The van der Waals surface area contributed by atoms with Gasteiger partial charge in [0.2, 0.25) is 5.89 Å². The summed E-state index contributed by atoms with van der Waals surface area (Å²) < 4.78 is 12.8. The standard InChI is InChI=1S/C20H18ClN5O3/c1-11-18-15(7-22-11)23-10-26(20(18)27)8-17-24-19(25-29-17)13-6-16(28-9-13)12-2-4-14(21)5-3-12/h2-5,10,13,16H,6-9H2,1H3/t13-,16+/m0/s1. The van der Waals surface area contributed by atoms with Crippen LogP contribution in [0, 0.1) is 0 Å². The first-order chi connectivity index (χ1) is 14.1. The molecule has 0 aliphatic carbocycles. The van der Waals surface area contributed by atoms with Crippen LogP contribution >= 0.6 is 11.6 Å². The Morgan fingerprint density at radius 2 is 2.10 bits per heavy atom. The minimum Gasteiger partial charge on any atom is -0.373 e. The molecule has 4 heterocycles. The molecule has 0 amide bonds. The summed E-state index contributed by atoms with van der Waals surface area (Å²) >= 11 is 5.95. The fraction of sp³-hybridized carbons (Fsp3) is 0.350. The molecule has 3 aromatic rings. The number of hydrogen-bond acceptors (Lipinski definition) is 7. The van der Waals surface area contributed by atoms with E-state index < -0.39 is 0 Å². The Labute approximate surface area is 171 Å². The summed E-state index contributed by atoms with van der Waals surface area (Å²) in [5.74, 6) is 1.00. The fourth-order valence-corrected chi connectivity index (χ4v) is 3.88. The van der Waals surface area contributed by atoms with Crippen LogP contribution in [-0.4, -0.2) is 32.0 Å². The maximum atomic E-state index is 12.7. The van der Waals surface area contributed by atoms with Crippen LogP contribution in [0.25, 0.3) is 0 Å². The average Bonchev–Trinajstić information content (AvgIpc) is 3.45. The van der Waals surface area contributed by atoms with Crippen molar-refractivity contribution in [1.82, 2.24) is 19.7 Å². The summed E-state index contributed by atoms with van der Waals surface area (Å²) in [6.45, 7) is 2.97. The monoisotopic (exact) mass is 411 g/mol. The van der Waals surface area contributed by atoms with Gasteiger partial charge in [0.1, 0.15) is 6.54 Å². The summed E-state index contributed by atoms with van der Waals surface area (Å²) in [4.78, 5) is 25.8. The van der Waals surface area contributed by atoms with E-state index in [2.05, 4.69) is 20.1 Å². The molecule has 2 aliphatic rings. The van der Waals surface area contributed by atoms with Crippen molar-refractivity contribution in [3.63, 3.8) is 0 Å². The Balaban J connectivity index is 1.31. The lowest BCUT2D eigenvalue weighted by molar-refractivity contribution is 0.110. The first-order valence-corrected chi connectivity index (χ1v) is 9.75. The molecule has 8 nitrogen and oxygen atoms in total. The molecule has 0 unspecified atom stereocenters. The van der Waals surface area contributed by atoms with Crippen LogP contribution in [0.3, 0.4) is 0 Å². The van der Waals surface area contributed by atoms with E-state index in [9.17, 15) is 4.79 Å². The molecule has 1 aromatic carbocycles. The van der Waals surface area contributed by atoms with Gasteiger partial charge in [-0.15, -0.1) is 0 Å². The highest BCUT2D eigenvalue weighted by molar-refractivity contribution is 6.30. The van der Waals surface area contributed by atoms with Gasteiger partial charge in [-0.25, -0.2) is 4.98 Å². The molecular weight excluding hydrogens is 394 g/mol. The predicted octanol–water partition coefficient (Wildman–Crippen LogP) is 2.90. The summed E-state index contributed by atoms with van der Waals surface area (Å²) in [6, 6.07) is 7.65. The Bertz CT molecular complexity index is 1150. The van der Waals surface area contributed by atoms with Gasteiger partial charge in [0, 0.05) is 16.7 Å². The molecule has 9 heteroatoms. The van der Waals surface area contributed by atoms with Gasteiger partial charge >= 0.3 is 0 Å². The Hall–Kier alpha value is -2.84. The molecule has 2 atom stereocenters. The maximum absolute atomic E-state index is 12.7. The topological polar surface area (TPSA) is 95.4 Å². The zero-order valence-electron chi connectivity index (χ0n) is 15.7. The van der Waals surface area contributed by atoms with Crippen molar-refractivity contribution < 1.29 is 9.26 Å². The Morgan fingerprint density at radius 1 is 1.28 bits per heavy atom. The number of nitrogens with zero attached hydrogens (tertiary/aromatic N) is 5. The third-order valence-electron chi connectivity index (χ3n) is 5.34. The van der Waals surface area contributed by atoms with E-state index in [0.717, 1.165) is 17.7 Å². The summed E-state index contributed by atoms with van der Waals surface area (Å²) in [5, 5.41) is 4.80. The van der Waals surface area contributed by atoms with Gasteiger partial charge in [0.05, 0.1) is 36.8 Å². The molecule has 2 aromatic heterocycles. The molecule has 2 aliphatic heterocycles. The lowest BCUT2D eigenvalue weighted by Crippen LogP contribution is -2.27. The SMILES string of the molecule is CC1=NCc2ncn(Cc3nc([C@@H]4CO[C@@H](c5ccc(Cl)cc5)C4)no3)c(=O)c21. The van der Waals surface area contributed by atoms with Gasteiger partial charge in [-0.05, 0) is 31.0 Å². The number of halogens is 1. The highest BCUT2D eigenvalue weighted by Crippen LogP contribution is 2.37. The summed E-state index contributed by atoms with van der Waals surface area (Å²) in [7, 11) is 0. The minimum absolute atomic E-state index is 0.0231. The van der Waals surface area contributed by atoms with Crippen LogP contribution in [0.15, 0.2) is 44.9 Å². The van der Waals surface area contributed by atoms with Gasteiger partial charge < -0.3 is 9.26 Å². The van der Waals surface area contributed by atoms with E-state index in [-0.39, 0.29) is 24.1 Å². The van der Waals surface area contributed by atoms with Gasteiger partial charge in [-0.1, -0.05) is 28.9 Å². The third kappa shape index (κ3) is 3.38. The van der Waals surface area contributed by atoms with Crippen molar-refractivity contribution in [3.05, 3.63) is 74.5 Å². The van der Waals surface area contributed by atoms with E-state index in [4.69, 9.17) is 20.9 Å². The lowest BCUT2D eigenvalue weighted by Gasteiger charge is -2.09. The molecule has 5 rings (SSSR count). The highest BCUT2D eigenvalue weighted by atomic mass is 35.5. The van der Waals surface area contributed by atoms with Crippen LogP contribution in [0.2, 0.25) is 5.02 Å². The van der Waals surface area contributed by atoms with E-state index in [1.807, 2.05) is 31.2 Å². The van der Waals surface area contributed by atoms with E-state index >= 15 is 0 Å². The van der Waals surface area contributed by atoms with Crippen LogP contribution in [0.5, 0.6) is 0 Å². The van der Waals surface area contributed by atoms with Crippen LogP contribution in [0.1, 0.15) is 53.9 Å². The smallest absolute Gasteiger partial charge is 0.263 e. The fourth-order valence-electron chi connectivity index (χ4n) is 3.75. The molecule has 0 saturated carbocycles. The van der Waals surface area contributed by atoms with Crippen molar-refractivity contribution in [2.24, 2.45) is 4.99 Å². The van der Waals surface area contributed by atoms with Crippen molar-refractivity contribution >= 4 is 17.3 Å². The third-order valence-corrected chi connectivity index (χ3v) is 5.59. The van der Waals surface area contributed by atoms with E-state index in [0.29, 0.717) is 41.1 Å². The number of ether oxygens (including phenoxy) is 1. The first-order valence-electron chi connectivity index (χ1n) is 9.38. The maximum Gasteiger partial charge on any atom is 0.263 e. The molecule has 1 saturated heterocycles. The molecule has 148 valence electrons. The van der Waals surface area contributed by atoms with Gasteiger partial charge in [0.15, 0.2) is 5.82 Å².